The molecule has 1 spiro atoms. The summed E-state index contributed by atoms with van der Waals surface area (Å²) >= 11 is 0. The molecule has 30 heavy (non-hydrogen) atoms. The second kappa shape index (κ2) is 10.7. The molecule has 7 nitrogen and oxygen atoms in total. The summed E-state index contributed by atoms with van der Waals surface area (Å²) < 4.78 is 11.1. The fraction of sp³-hybridized carbons (Fsp3) is 0.636. The van der Waals surface area contributed by atoms with Gasteiger partial charge in [-0.05, 0) is 39.2 Å². The quantitative estimate of drug-likeness (QED) is 0.354. The Bertz CT molecular complexity index is 715. The number of aliphatic imine (C=N–C) groups is 1. The third kappa shape index (κ3) is 6.73. The molecule has 3 rings (SSSR count). The Morgan fingerprint density at radius 3 is 2.63 bits per heavy atom. The number of ether oxygens (including phenoxy) is 2. The molecule has 0 radical (unpaired) electrons. The van der Waals surface area contributed by atoms with Crippen molar-refractivity contribution in [1.29, 1.82) is 0 Å². The highest BCUT2D eigenvalue weighted by atomic mass is 127. The Kier molecular flexibility index (Phi) is 8.78. The van der Waals surface area contributed by atoms with Crippen molar-refractivity contribution in [1.82, 2.24) is 15.5 Å². The number of carbonyl (C=O) groups is 1. The van der Waals surface area contributed by atoms with Crippen LogP contribution in [0.25, 0.3) is 0 Å². The van der Waals surface area contributed by atoms with E-state index in [1.165, 1.54) is 0 Å². The van der Waals surface area contributed by atoms with Gasteiger partial charge in [0.2, 0.25) is 0 Å². The topological polar surface area (TPSA) is 75.2 Å². The first-order valence-corrected chi connectivity index (χ1v) is 10.4. The summed E-state index contributed by atoms with van der Waals surface area (Å²) in [6, 6.07) is 9.69. The minimum atomic E-state index is -0.540. The molecule has 0 bridgehead atoms. The van der Waals surface area contributed by atoms with E-state index in [9.17, 15) is 4.79 Å². The monoisotopic (exact) mass is 530 g/mol. The summed E-state index contributed by atoms with van der Waals surface area (Å²) in [7, 11) is 1.80. The molecule has 0 saturated carbocycles. The van der Waals surface area contributed by atoms with E-state index in [0.29, 0.717) is 6.54 Å². The lowest BCUT2D eigenvalue weighted by Gasteiger charge is -2.27. The molecule has 2 aliphatic heterocycles. The third-order valence-electron chi connectivity index (χ3n) is 5.49. The van der Waals surface area contributed by atoms with Crippen molar-refractivity contribution in [3.05, 3.63) is 35.9 Å². The van der Waals surface area contributed by atoms with E-state index < -0.39 is 11.7 Å². The number of guanidine groups is 1. The number of hydrogen-bond donors (Lipinski definition) is 2. The summed E-state index contributed by atoms with van der Waals surface area (Å²) in [5.74, 6) is 0.862. The van der Waals surface area contributed by atoms with Crippen molar-refractivity contribution in [2.24, 2.45) is 10.4 Å². The first kappa shape index (κ1) is 24.7. The molecule has 2 fully saturated rings. The number of halogens is 1. The summed E-state index contributed by atoms with van der Waals surface area (Å²) in [6.07, 6.45) is 1.82. The maximum Gasteiger partial charge on any atom is 0.408 e. The predicted molar refractivity (Wildman–Crippen MR) is 129 cm³/mol. The predicted octanol–water partition coefficient (Wildman–Crippen LogP) is 3.56. The van der Waals surface area contributed by atoms with Crippen LogP contribution in [0.1, 0.15) is 45.2 Å². The van der Waals surface area contributed by atoms with Crippen molar-refractivity contribution in [3.8, 4) is 0 Å². The summed E-state index contributed by atoms with van der Waals surface area (Å²) in [5.41, 5.74) is 0.746. The van der Waals surface area contributed by atoms with Crippen LogP contribution in [0.5, 0.6) is 0 Å². The van der Waals surface area contributed by atoms with Crippen LogP contribution < -0.4 is 10.6 Å². The van der Waals surface area contributed by atoms with Gasteiger partial charge in [-0.15, -0.1) is 24.0 Å². The fourth-order valence-corrected chi connectivity index (χ4v) is 4.00. The third-order valence-corrected chi connectivity index (χ3v) is 5.49. The highest BCUT2D eigenvalue weighted by molar-refractivity contribution is 14.0. The molecule has 1 aromatic carbocycles. The normalized spacial score (nSPS) is 22.5. The minimum Gasteiger partial charge on any atom is -0.444 e. The van der Waals surface area contributed by atoms with Crippen molar-refractivity contribution in [2.45, 2.75) is 45.3 Å². The number of alkyl carbamates (subject to hydrolysis) is 1. The second-order valence-electron chi connectivity index (χ2n) is 9.01. The lowest BCUT2D eigenvalue weighted by atomic mass is 9.87. The molecule has 168 valence electrons. The fourth-order valence-electron chi connectivity index (χ4n) is 4.00. The first-order chi connectivity index (χ1) is 13.8. The van der Waals surface area contributed by atoms with Crippen molar-refractivity contribution >= 4 is 36.0 Å². The summed E-state index contributed by atoms with van der Waals surface area (Å²) in [6.45, 7) is 9.74. The van der Waals surface area contributed by atoms with Gasteiger partial charge in [0.05, 0.1) is 12.6 Å². The SMILES string of the molecule is CN=C(NCC(NC(=O)OC(C)(C)C)c1ccccc1)N1CCC2(CCOC2)C1.I. The van der Waals surface area contributed by atoms with Crippen LogP contribution in [0.15, 0.2) is 35.3 Å². The van der Waals surface area contributed by atoms with Gasteiger partial charge in [0.15, 0.2) is 5.96 Å². The Morgan fingerprint density at radius 1 is 1.30 bits per heavy atom. The lowest BCUT2D eigenvalue weighted by Crippen LogP contribution is -2.45. The van der Waals surface area contributed by atoms with Gasteiger partial charge in [-0.25, -0.2) is 4.79 Å². The maximum absolute atomic E-state index is 12.4. The average molecular weight is 530 g/mol. The Morgan fingerprint density at radius 2 is 2.03 bits per heavy atom. The highest BCUT2D eigenvalue weighted by Gasteiger charge is 2.42. The number of likely N-dealkylation sites (tertiary alicyclic amines) is 1. The van der Waals surface area contributed by atoms with E-state index in [1.54, 1.807) is 7.05 Å². The van der Waals surface area contributed by atoms with Gasteiger partial charge < -0.3 is 25.0 Å². The molecule has 2 unspecified atom stereocenters. The number of hydrogen-bond acceptors (Lipinski definition) is 4. The number of benzene rings is 1. The van der Waals surface area contributed by atoms with Crippen LogP contribution in [0.2, 0.25) is 0 Å². The van der Waals surface area contributed by atoms with E-state index >= 15 is 0 Å². The van der Waals surface area contributed by atoms with Gasteiger partial charge >= 0.3 is 6.09 Å². The Labute approximate surface area is 197 Å². The standard InChI is InChI=1S/C22H34N4O3.HI/c1-21(2,3)29-20(27)25-18(17-8-6-5-7-9-17)14-24-19(23-4)26-12-10-22(15-26)11-13-28-16-22;/h5-9,18H,10-16H2,1-4H3,(H,23,24)(H,25,27);1H. The number of carbonyl (C=O) groups excluding carboxylic acids is 1. The molecule has 2 saturated heterocycles. The number of nitrogens with zero attached hydrogens (tertiary/aromatic N) is 2. The van der Waals surface area contributed by atoms with Crippen molar-refractivity contribution in [3.63, 3.8) is 0 Å². The zero-order chi connectivity index (χ0) is 20.9. The van der Waals surface area contributed by atoms with Crippen molar-refractivity contribution in [2.75, 3.05) is 39.9 Å². The molecule has 0 aromatic heterocycles. The molecule has 2 aliphatic rings. The van der Waals surface area contributed by atoms with Gasteiger partial charge in [-0.2, -0.15) is 0 Å². The van der Waals surface area contributed by atoms with Crippen LogP contribution in [0.3, 0.4) is 0 Å². The van der Waals surface area contributed by atoms with E-state index in [4.69, 9.17) is 9.47 Å². The molecule has 2 heterocycles. The maximum atomic E-state index is 12.4. The largest absolute Gasteiger partial charge is 0.444 e. The zero-order valence-corrected chi connectivity index (χ0v) is 20.8. The smallest absolute Gasteiger partial charge is 0.408 e. The van der Waals surface area contributed by atoms with Gasteiger partial charge in [0.1, 0.15) is 5.60 Å². The van der Waals surface area contributed by atoms with E-state index in [0.717, 1.165) is 50.7 Å². The molecular formula is C22H35IN4O3. The highest BCUT2D eigenvalue weighted by Crippen LogP contribution is 2.38. The average Bonchev–Trinajstić information content (AvgIpc) is 3.30. The van der Waals surface area contributed by atoms with E-state index in [2.05, 4.69) is 20.5 Å². The van der Waals surface area contributed by atoms with Crippen molar-refractivity contribution < 1.29 is 14.3 Å². The summed E-state index contributed by atoms with van der Waals surface area (Å²) in [5, 5.41) is 6.44. The minimum absolute atomic E-state index is 0. The molecular weight excluding hydrogens is 495 g/mol. The van der Waals surface area contributed by atoms with Crippen LogP contribution in [-0.4, -0.2) is 62.4 Å². The molecule has 8 heteroatoms. The van der Waals surface area contributed by atoms with Gasteiger partial charge in [0, 0.05) is 38.7 Å². The second-order valence-corrected chi connectivity index (χ2v) is 9.01. The van der Waals surface area contributed by atoms with Crippen LogP contribution >= 0.6 is 24.0 Å². The number of nitrogens with one attached hydrogen (secondary N) is 2. The van der Waals surface area contributed by atoms with E-state index in [-0.39, 0.29) is 35.4 Å². The summed E-state index contributed by atoms with van der Waals surface area (Å²) in [4.78, 5) is 19.1. The van der Waals surface area contributed by atoms with Crippen LogP contribution in [0.4, 0.5) is 4.79 Å². The Balaban J connectivity index is 0.00000320. The van der Waals surface area contributed by atoms with Gasteiger partial charge in [0.25, 0.3) is 0 Å². The molecule has 2 N–H and O–H groups in total. The van der Waals surface area contributed by atoms with Crippen LogP contribution in [0, 0.1) is 5.41 Å². The van der Waals surface area contributed by atoms with Gasteiger partial charge in [-0.3, -0.25) is 4.99 Å². The van der Waals surface area contributed by atoms with Crippen LogP contribution in [-0.2, 0) is 9.47 Å². The Hall–Kier alpha value is -1.55. The lowest BCUT2D eigenvalue weighted by molar-refractivity contribution is 0.0504. The number of amides is 1. The van der Waals surface area contributed by atoms with Gasteiger partial charge in [-0.1, -0.05) is 30.3 Å². The zero-order valence-electron chi connectivity index (χ0n) is 18.4. The molecule has 0 aliphatic carbocycles. The molecule has 1 aromatic rings. The molecule has 2 atom stereocenters. The van der Waals surface area contributed by atoms with E-state index in [1.807, 2.05) is 51.1 Å². The first-order valence-electron chi connectivity index (χ1n) is 10.4. The number of rotatable bonds is 4. The molecule has 1 amide bonds.